The fourth-order valence-corrected chi connectivity index (χ4v) is 3.12. The van der Waals surface area contributed by atoms with Crippen molar-refractivity contribution >= 4 is 11.9 Å². The lowest BCUT2D eigenvalue weighted by Crippen LogP contribution is -2.41. The highest BCUT2D eigenvalue weighted by Gasteiger charge is 2.49. The Kier molecular flexibility index (Phi) is 3.39. The molecule has 0 spiro atoms. The number of aliphatic carboxylic acids is 1. The first kappa shape index (κ1) is 14.0. The summed E-state index contributed by atoms with van der Waals surface area (Å²) in [6, 6.07) is 3.16. The molecule has 21 heavy (non-hydrogen) atoms. The van der Waals surface area contributed by atoms with Crippen molar-refractivity contribution in [1.29, 1.82) is 0 Å². The smallest absolute Gasteiger partial charge is 0.326 e. The number of halogens is 2. The van der Waals surface area contributed by atoms with Gasteiger partial charge in [-0.3, -0.25) is 4.79 Å². The number of hydrogen-bond donors (Lipinski definition) is 1. The number of carbonyl (C=O) groups is 2. The Bertz CT molecular complexity index is 605. The molecular formula is C15H15F2NO3. The zero-order valence-corrected chi connectivity index (χ0v) is 11.3. The third-order valence-electron chi connectivity index (χ3n) is 4.31. The molecular weight excluding hydrogens is 280 g/mol. The molecule has 112 valence electrons. The van der Waals surface area contributed by atoms with E-state index in [4.69, 9.17) is 5.11 Å². The number of rotatable bonds is 3. The first-order valence-corrected chi connectivity index (χ1v) is 6.98. The van der Waals surface area contributed by atoms with Crippen LogP contribution in [0.25, 0.3) is 0 Å². The van der Waals surface area contributed by atoms with E-state index in [9.17, 15) is 18.4 Å². The van der Waals surface area contributed by atoms with Gasteiger partial charge < -0.3 is 10.0 Å². The number of carbonyl (C=O) groups excluding carboxylic acids is 1. The molecule has 1 aromatic carbocycles. The number of likely N-dealkylation sites (tertiary alicyclic amines) is 1. The summed E-state index contributed by atoms with van der Waals surface area (Å²) in [6.45, 7) is 0.421. The summed E-state index contributed by atoms with van der Waals surface area (Å²) in [5.74, 6) is -3.86. The first-order chi connectivity index (χ1) is 10.0. The second-order valence-corrected chi connectivity index (χ2v) is 5.62. The minimum Gasteiger partial charge on any atom is -0.480 e. The Balaban J connectivity index is 1.74. The van der Waals surface area contributed by atoms with Crippen LogP contribution in [0, 0.1) is 17.6 Å². The highest BCUT2D eigenvalue weighted by atomic mass is 19.2. The molecule has 0 radical (unpaired) electrons. The Labute approximate surface area is 120 Å². The average molecular weight is 295 g/mol. The van der Waals surface area contributed by atoms with Crippen molar-refractivity contribution in [2.24, 2.45) is 5.92 Å². The summed E-state index contributed by atoms with van der Waals surface area (Å²) in [4.78, 5) is 24.8. The largest absolute Gasteiger partial charge is 0.480 e. The van der Waals surface area contributed by atoms with Crippen LogP contribution in [0.2, 0.25) is 0 Å². The van der Waals surface area contributed by atoms with Crippen molar-refractivity contribution in [2.75, 3.05) is 6.54 Å². The molecule has 2 unspecified atom stereocenters. The van der Waals surface area contributed by atoms with Crippen LogP contribution in [-0.2, 0) is 9.59 Å². The number of carboxylic acid groups (broad SMARTS) is 1. The Morgan fingerprint density at radius 3 is 2.76 bits per heavy atom. The topological polar surface area (TPSA) is 57.6 Å². The van der Waals surface area contributed by atoms with Gasteiger partial charge in [-0.05, 0) is 36.8 Å². The number of carboxylic acids is 1. The molecule has 1 aliphatic heterocycles. The van der Waals surface area contributed by atoms with Gasteiger partial charge in [0.25, 0.3) is 0 Å². The lowest BCUT2D eigenvalue weighted by atomic mass is 10.1. The van der Waals surface area contributed by atoms with Crippen molar-refractivity contribution in [3.63, 3.8) is 0 Å². The molecule has 1 aliphatic carbocycles. The van der Waals surface area contributed by atoms with Crippen LogP contribution in [0.15, 0.2) is 18.2 Å². The molecule has 3 rings (SSSR count). The van der Waals surface area contributed by atoms with Crippen LogP contribution in [0.4, 0.5) is 8.78 Å². The zero-order valence-electron chi connectivity index (χ0n) is 11.3. The van der Waals surface area contributed by atoms with Gasteiger partial charge in [-0.15, -0.1) is 0 Å². The lowest BCUT2D eigenvalue weighted by molar-refractivity contribution is -0.148. The van der Waals surface area contributed by atoms with E-state index < -0.39 is 29.6 Å². The number of amides is 1. The third kappa shape index (κ3) is 2.39. The summed E-state index contributed by atoms with van der Waals surface area (Å²) >= 11 is 0. The fraction of sp³-hybridized carbons (Fsp3) is 0.467. The molecule has 0 bridgehead atoms. The second kappa shape index (κ2) is 5.09. The van der Waals surface area contributed by atoms with Gasteiger partial charge in [0.05, 0.1) is 0 Å². The lowest BCUT2D eigenvalue weighted by Gasteiger charge is -2.21. The summed E-state index contributed by atoms with van der Waals surface area (Å²) in [6.07, 6.45) is 1.56. The predicted octanol–water partition coefficient (Wildman–Crippen LogP) is 2.14. The molecule has 2 aliphatic rings. The van der Waals surface area contributed by atoms with Gasteiger partial charge in [-0.1, -0.05) is 12.1 Å². The molecule has 6 heteroatoms. The molecule has 1 N–H and O–H groups in total. The summed E-state index contributed by atoms with van der Waals surface area (Å²) in [7, 11) is 0. The van der Waals surface area contributed by atoms with Crippen LogP contribution in [0.5, 0.6) is 0 Å². The van der Waals surface area contributed by atoms with Crippen LogP contribution in [0.3, 0.4) is 0 Å². The fourth-order valence-electron chi connectivity index (χ4n) is 3.12. The minimum atomic E-state index is -1.00. The molecule has 1 amide bonds. The van der Waals surface area contributed by atoms with E-state index in [1.165, 1.54) is 17.0 Å². The summed E-state index contributed by atoms with van der Waals surface area (Å²) in [5.41, 5.74) is 0.208. The molecule has 2 fully saturated rings. The number of hydrogen-bond acceptors (Lipinski definition) is 2. The van der Waals surface area contributed by atoms with E-state index >= 15 is 0 Å². The molecule has 3 atom stereocenters. The average Bonchev–Trinajstić information content (AvgIpc) is 3.07. The van der Waals surface area contributed by atoms with Crippen molar-refractivity contribution < 1.29 is 23.5 Å². The van der Waals surface area contributed by atoms with E-state index in [0.717, 1.165) is 6.07 Å². The minimum absolute atomic E-state index is 0.208. The van der Waals surface area contributed by atoms with Crippen LogP contribution < -0.4 is 0 Å². The summed E-state index contributed by atoms with van der Waals surface area (Å²) in [5, 5.41) is 9.09. The van der Waals surface area contributed by atoms with E-state index in [1.807, 2.05) is 0 Å². The van der Waals surface area contributed by atoms with Gasteiger partial charge in [0.1, 0.15) is 6.04 Å². The Morgan fingerprint density at radius 2 is 2.05 bits per heavy atom. The zero-order chi connectivity index (χ0) is 15.1. The monoisotopic (exact) mass is 295 g/mol. The van der Waals surface area contributed by atoms with Crippen LogP contribution in [0.1, 0.15) is 30.7 Å². The normalized spacial score (nSPS) is 27.7. The standard InChI is InChI=1S/C15H15F2NO3/c16-11-4-1-3-8(13(11)17)9-7-10(9)14(19)18-6-2-5-12(18)15(20)21/h1,3-4,9-10,12H,2,5-7H2,(H,20,21)/t9?,10?,12-/m0/s1. The maximum absolute atomic E-state index is 13.7. The Morgan fingerprint density at radius 1 is 1.29 bits per heavy atom. The van der Waals surface area contributed by atoms with Crippen LogP contribution >= 0.6 is 0 Å². The highest BCUT2D eigenvalue weighted by molar-refractivity contribution is 5.88. The molecule has 0 aromatic heterocycles. The number of benzene rings is 1. The maximum atomic E-state index is 13.7. The third-order valence-corrected chi connectivity index (χ3v) is 4.31. The second-order valence-electron chi connectivity index (χ2n) is 5.62. The Hall–Kier alpha value is -1.98. The van der Waals surface area contributed by atoms with Crippen molar-refractivity contribution in [3.8, 4) is 0 Å². The van der Waals surface area contributed by atoms with E-state index in [2.05, 4.69) is 0 Å². The predicted molar refractivity (Wildman–Crippen MR) is 69.6 cm³/mol. The van der Waals surface area contributed by atoms with Crippen molar-refractivity contribution in [1.82, 2.24) is 4.90 Å². The van der Waals surface area contributed by atoms with Gasteiger partial charge in [0.15, 0.2) is 11.6 Å². The maximum Gasteiger partial charge on any atom is 0.326 e. The van der Waals surface area contributed by atoms with Crippen molar-refractivity contribution in [2.45, 2.75) is 31.2 Å². The van der Waals surface area contributed by atoms with Crippen LogP contribution in [-0.4, -0.2) is 34.5 Å². The molecule has 1 heterocycles. The highest BCUT2D eigenvalue weighted by Crippen LogP contribution is 2.50. The number of nitrogens with zero attached hydrogens (tertiary/aromatic N) is 1. The molecule has 1 aromatic rings. The first-order valence-electron chi connectivity index (χ1n) is 6.98. The molecule has 1 saturated heterocycles. The quantitative estimate of drug-likeness (QED) is 0.929. The summed E-state index contributed by atoms with van der Waals surface area (Å²) < 4.78 is 26.9. The molecule has 4 nitrogen and oxygen atoms in total. The van der Waals surface area contributed by atoms with E-state index in [1.54, 1.807) is 0 Å². The van der Waals surface area contributed by atoms with Gasteiger partial charge in [-0.25, -0.2) is 13.6 Å². The molecule has 1 saturated carbocycles. The van der Waals surface area contributed by atoms with E-state index in [-0.39, 0.29) is 17.4 Å². The van der Waals surface area contributed by atoms with Gasteiger partial charge in [0, 0.05) is 12.5 Å². The van der Waals surface area contributed by atoms with Crippen molar-refractivity contribution in [3.05, 3.63) is 35.4 Å². The SMILES string of the molecule is O=C(O)[C@@H]1CCCN1C(=O)C1CC1c1cccc(F)c1F. The van der Waals surface area contributed by atoms with Gasteiger partial charge in [-0.2, -0.15) is 0 Å². The van der Waals surface area contributed by atoms with Gasteiger partial charge in [0.2, 0.25) is 5.91 Å². The van der Waals surface area contributed by atoms with E-state index in [0.29, 0.717) is 25.8 Å². The van der Waals surface area contributed by atoms with Gasteiger partial charge >= 0.3 is 5.97 Å².